The van der Waals surface area contributed by atoms with Gasteiger partial charge in [-0.3, -0.25) is 4.79 Å². The zero-order chi connectivity index (χ0) is 16.1. The molecule has 0 aliphatic carbocycles. The van der Waals surface area contributed by atoms with E-state index in [-0.39, 0.29) is 30.7 Å². The molecule has 0 radical (unpaired) electrons. The second-order valence-electron chi connectivity index (χ2n) is 5.66. The molecule has 10 heteroatoms. The van der Waals surface area contributed by atoms with Crippen molar-refractivity contribution >= 4 is 42.1 Å². The summed E-state index contributed by atoms with van der Waals surface area (Å²) < 4.78 is 1.82. The van der Waals surface area contributed by atoms with Crippen LogP contribution in [-0.4, -0.2) is 45.5 Å². The number of aromatic nitrogens is 4. The zero-order valence-electron chi connectivity index (χ0n) is 14.1. The number of hydrogen-bond acceptors (Lipinski definition) is 6. The number of hydrogen-bond donors (Lipinski definition) is 2. The van der Waals surface area contributed by atoms with Gasteiger partial charge in [-0.15, -0.1) is 41.2 Å². The molecule has 1 fully saturated rings. The fourth-order valence-corrected chi connectivity index (χ4v) is 3.43. The number of thiazole rings is 1. The summed E-state index contributed by atoms with van der Waals surface area (Å²) in [5.74, 6) is -0.170. The average Bonchev–Trinajstić information content (AvgIpc) is 3.25. The van der Waals surface area contributed by atoms with Gasteiger partial charge in [0.2, 0.25) is 0 Å². The van der Waals surface area contributed by atoms with Gasteiger partial charge in [0.15, 0.2) is 5.69 Å². The first-order chi connectivity index (χ1) is 11.3. The van der Waals surface area contributed by atoms with Gasteiger partial charge in [0.05, 0.1) is 22.9 Å². The Balaban J connectivity index is 0.00000156. The second kappa shape index (κ2) is 10.7. The molecule has 0 bridgehead atoms. The van der Waals surface area contributed by atoms with Gasteiger partial charge in [0, 0.05) is 18.3 Å². The van der Waals surface area contributed by atoms with Crippen molar-refractivity contribution in [2.75, 3.05) is 19.6 Å². The van der Waals surface area contributed by atoms with Gasteiger partial charge in [0.25, 0.3) is 5.91 Å². The molecule has 0 spiro atoms. The number of nitrogens with zero attached hydrogens (tertiary/aromatic N) is 4. The van der Waals surface area contributed by atoms with Crippen LogP contribution in [0, 0.1) is 0 Å². The van der Waals surface area contributed by atoms with Crippen LogP contribution in [-0.2, 0) is 12.8 Å². The summed E-state index contributed by atoms with van der Waals surface area (Å²) in [4.78, 5) is 16.6. The van der Waals surface area contributed by atoms with Crippen molar-refractivity contribution in [1.82, 2.24) is 30.6 Å². The number of rotatable bonds is 6. The van der Waals surface area contributed by atoms with Crippen LogP contribution in [0.25, 0.3) is 0 Å². The largest absolute Gasteiger partial charge is 0.350 e. The number of aryl methyl sites for hydroxylation is 1. The highest BCUT2D eigenvalue weighted by Crippen LogP contribution is 2.17. The Labute approximate surface area is 163 Å². The Morgan fingerprint density at radius 2 is 2.16 bits per heavy atom. The highest BCUT2D eigenvalue weighted by molar-refractivity contribution is 7.09. The molecule has 1 amide bonds. The molecule has 3 rings (SSSR count). The maximum atomic E-state index is 12.1. The van der Waals surface area contributed by atoms with Crippen LogP contribution in [0.1, 0.15) is 47.0 Å². The topological polar surface area (TPSA) is 84.7 Å². The highest BCUT2D eigenvalue weighted by Gasteiger charge is 2.18. The first kappa shape index (κ1) is 21.8. The second-order valence-corrected chi connectivity index (χ2v) is 6.60. The van der Waals surface area contributed by atoms with Gasteiger partial charge in [-0.25, -0.2) is 9.67 Å². The summed E-state index contributed by atoms with van der Waals surface area (Å²) in [5, 5.41) is 17.5. The molecule has 2 aromatic rings. The van der Waals surface area contributed by atoms with E-state index in [1.807, 2.05) is 4.68 Å². The summed E-state index contributed by atoms with van der Waals surface area (Å²) in [6, 6.07) is 0.341. The van der Waals surface area contributed by atoms with Crippen LogP contribution >= 0.6 is 36.2 Å². The molecule has 140 valence electrons. The van der Waals surface area contributed by atoms with E-state index in [1.165, 1.54) is 0 Å². The third-order valence-corrected chi connectivity index (χ3v) is 5.04. The lowest BCUT2D eigenvalue weighted by molar-refractivity contribution is 0.0949. The lowest BCUT2D eigenvalue weighted by Crippen LogP contribution is -2.29. The van der Waals surface area contributed by atoms with Crippen molar-refractivity contribution in [2.45, 2.75) is 38.6 Å². The van der Waals surface area contributed by atoms with E-state index in [9.17, 15) is 4.79 Å². The minimum Gasteiger partial charge on any atom is -0.350 e. The molecule has 0 unspecified atom stereocenters. The van der Waals surface area contributed by atoms with Gasteiger partial charge in [0.1, 0.15) is 0 Å². The van der Waals surface area contributed by atoms with Gasteiger partial charge in [-0.1, -0.05) is 12.1 Å². The minimum absolute atomic E-state index is 0. The van der Waals surface area contributed by atoms with Crippen LogP contribution < -0.4 is 10.6 Å². The van der Waals surface area contributed by atoms with Crippen molar-refractivity contribution in [3.8, 4) is 0 Å². The van der Waals surface area contributed by atoms with Crippen molar-refractivity contribution in [2.24, 2.45) is 0 Å². The van der Waals surface area contributed by atoms with E-state index in [2.05, 4.69) is 38.2 Å². The average molecular weight is 407 g/mol. The van der Waals surface area contributed by atoms with Gasteiger partial charge in [-0.05, 0) is 32.4 Å². The lowest BCUT2D eigenvalue weighted by atomic mass is 10.1. The van der Waals surface area contributed by atoms with Crippen LogP contribution in [0.5, 0.6) is 0 Å². The van der Waals surface area contributed by atoms with Crippen molar-refractivity contribution < 1.29 is 4.79 Å². The zero-order valence-corrected chi connectivity index (χ0v) is 16.6. The summed E-state index contributed by atoms with van der Waals surface area (Å²) in [6.45, 7) is 4.63. The Kier molecular flexibility index (Phi) is 9.34. The summed E-state index contributed by atoms with van der Waals surface area (Å²) in [7, 11) is 0. The summed E-state index contributed by atoms with van der Waals surface area (Å²) >= 11 is 1.67. The first-order valence-electron chi connectivity index (χ1n) is 8.10. The van der Waals surface area contributed by atoms with E-state index < -0.39 is 0 Å². The van der Waals surface area contributed by atoms with Gasteiger partial charge >= 0.3 is 0 Å². The maximum Gasteiger partial charge on any atom is 0.273 e. The fourth-order valence-electron chi connectivity index (χ4n) is 2.65. The molecule has 3 heterocycles. The third kappa shape index (κ3) is 5.91. The van der Waals surface area contributed by atoms with Crippen molar-refractivity contribution in [3.05, 3.63) is 28.0 Å². The van der Waals surface area contributed by atoms with Crippen LogP contribution in [0.2, 0.25) is 0 Å². The molecule has 1 saturated heterocycles. The number of piperidine rings is 1. The molecule has 2 N–H and O–H groups in total. The number of carbonyl (C=O) groups is 1. The fraction of sp³-hybridized carbons (Fsp3) is 0.600. The predicted octanol–water partition coefficient (Wildman–Crippen LogP) is 2.04. The van der Waals surface area contributed by atoms with Crippen molar-refractivity contribution in [3.63, 3.8) is 0 Å². The van der Waals surface area contributed by atoms with E-state index in [0.29, 0.717) is 18.3 Å². The first-order valence-corrected chi connectivity index (χ1v) is 8.98. The monoisotopic (exact) mass is 406 g/mol. The maximum absolute atomic E-state index is 12.1. The van der Waals surface area contributed by atoms with Gasteiger partial charge < -0.3 is 10.6 Å². The Morgan fingerprint density at radius 3 is 2.84 bits per heavy atom. The Bertz CT molecular complexity index is 656. The van der Waals surface area contributed by atoms with Crippen LogP contribution in [0.3, 0.4) is 0 Å². The van der Waals surface area contributed by atoms with Crippen LogP contribution in [0.15, 0.2) is 11.6 Å². The van der Waals surface area contributed by atoms with Gasteiger partial charge in [-0.2, -0.15) is 0 Å². The molecule has 25 heavy (non-hydrogen) atoms. The number of amides is 1. The number of halogens is 2. The number of carbonyl (C=O) groups excluding carboxylic acids is 1. The van der Waals surface area contributed by atoms with E-state index in [0.717, 1.165) is 49.5 Å². The van der Waals surface area contributed by atoms with E-state index >= 15 is 0 Å². The van der Waals surface area contributed by atoms with Crippen LogP contribution in [0.4, 0.5) is 0 Å². The third-order valence-electron chi connectivity index (χ3n) is 3.99. The van der Waals surface area contributed by atoms with E-state index in [4.69, 9.17) is 0 Å². The molecule has 0 saturated carbocycles. The summed E-state index contributed by atoms with van der Waals surface area (Å²) in [5.41, 5.74) is 1.42. The molecule has 0 atom stereocenters. The summed E-state index contributed by atoms with van der Waals surface area (Å²) in [6.07, 6.45) is 5.49. The Morgan fingerprint density at radius 1 is 1.40 bits per heavy atom. The normalized spacial score (nSPS) is 14.4. The highest BCUT2D eigenvalue weighted by atomic mass is 35.5. The predicted molar refractivity (Wildman–Crippen MR) is 103 cm³/mol. The molecule has 1 aliphatic rings. The van der Waals surface area contributed by atoms with E-state index in [1.54, 1.807) is 17.5 Å². The SMILES string of the molecule is CCc1nc(CCNC(=O)c2cn(C3CCNCC3)nn2)cs1.Cl.Cl. The van der Waals surface area contributed by atoms with Crippen molar-refractivity contribution in [1.29, 1.82) is 0 Å². The molecule has 0 aromatic carbocycles. The molecule has 1 aliphatic heterocycles. The Hall–Kier alpha value is -1.22. The molecule has 7 nitrogen and oxygen atoms in total. The minimum atomic E-state index is -0.170. The smallest absolute Gasteiger partial charge is 0.273 e. The standard InChI is InChI=1S/C15H22N6OS.2ClH/c1-2-14-18-11(10-23-14)3-8-17-15(22)13-9-21(20-19-13)12-4-6-16-7-5-12;;/h9-10,12,16H,2-8H2,1H3,(H,17,22);2*1H. The molecular weight excluding hydrogens is 383 g/mol. The number of nitrogens with one attached hydrogen (secondary N) is 2. The molecular formula is C15H24Cl2N6OS. The quantitative estimate of drug-likeness (QED) is 0.766. The lowest BCUT2D eigenvalue weighted by Gasteiger charge is -2.22. The molecule has 2 aromatic heterocycles.